The van der Waals surface area contributed by atoms with Crippen LogP contribution in [0.4, 0.5) is 5.69 Å². The molecule has 10 rings (SSSR count). The van der Waals surface area contributed by atoms with E-state index in [1.807, 2.05) is 46.8 Å². The van der Waals surface area contributed by atoms with E-state index in [9.17, 15) is 9.59 Å². The number of carbonyl (C=O) groups is 2. The fourth-order valence-electron chi connectivity index (χ4n) is 8.62. The maximum absolute atomic E-state index is 14.3. The number of amides is 2. The summed E-state index contributed by atoms with van der Waals surface area (Å²) in [5.41, 5.74) is 7.99. The Hall–Kier alpha value is -5.64. The monoisotopic (exact) mass is 693 g/mol. The molecule has 0 radical (unpaired) electrons. The van der Waals surface area contributed by atoms with Crippen LogP contribution in [0.1, 0.15) is 92.3 Å². The molecular formula is C42H39N5O5. The van der Waals surface area contributed by atoms with Crippen LogP contribution in [-0.4, -0.2) is 34.1 Å². The molecule has 1 aliphatic carbocycles. The third kappa shape index (κ3) is 4.12. The zero-order valence-corrected chi connectivity index (χ0v) is 29.7. The van der Waals surface area contributed by atoms with Crippen LogP contribution in [0, 0.1) is 11.3 Å². The fourth-order valence-corrected chi connectivity index (χ4v) is 8.62. The van der Waals surface area contributed by atoms with Crippen molar-refractivity contribution >= 4 is 23.1 Å². The average Bonchev–Trinajstić information content (AvgIpc) is 3.95. The van der Waals surface area contributed by atoms with Gasteiger partial charge in [-0.25, -0.2) is 9.97 Å². The zero-order chi connectivity index (χ0) is 35.7. The molecule has 0 saturated heterocycles. The predicted octanol–water partition coefficient (Wildman–Crippen LogP) is 7.07. The van der Waals surface area contributed by atoms with Crippen LogP contribution in [0.25, 0.3) is 28.3 Å². The van der Waals surface area contributed by atoms with Gasteiger partial charge in [-0.15, -0.1) is 0 Å². The summed E-state index contributed by atoms with van der Waals surface area (Å²) in [5, 5.41) is 10.1. The predicted molar refractivity (Wildman–Crippen MR) is 194 cm³/mol. The van der Waals surface area contributed by atoms with Crippen LogP contribution in [0.2, 0.25) is 0 Å². The molecule has 3 aromatic carbocycles. The highest BCUT2D eigenvalue weighted by molar-refractivity contribution is 5.97. The third-order valence-corrected chi connectivity index (χ3v) is 11.9. The first-order valence-corrected chi connectivity index (χ1v) is 18.2. The Kier molecular flexibility index (Phi) is 6.40. The quantitative estimate of drug-likeness (QED) is 0.182. The van der Waals surface area contributed by atoms with E-state index in [0.29, 0.717) is 41.2 Å². The summed E-state index contributed by atoms with van der Waals surface area (Å²) in [5.74, 6) is 1.93. The third-order valence-electron chi connectivity index (χ3n) is 11.9. The molecule has 10 nitrogen and oxygen atoms in total. The fraction of sp³-hybridized carbons (Fsp3) is 0.333. The number of carbonyl (C=O) groups excluding carboxylic acids is 2. The minimum atomic E-state index is -1.00. The molecule has 3 N–H and O–H groups in total. The molecule has 10 heteroatoms. The minimum Gasteiger partial charge on any atom is -0.469 e. The number of nitrogens with one attached hydrogen (secondary N) is 3. The first-order chi connectivity index (χ1) is 25.1. The molecule has 6 heterocycles. The van der Waals surface area contributed by atoms with Gasteiger partial charge in [0.1, 0.15) is 23.2 Å². The SMILES string of the molecule is CCC(C)(C)C(=O)NC1Cc2ccc3c(c2)C24c5cccc(c5N[C@H]2O3)-c2cccc3c2C(=CC3)c2cnc(o2)-c2nc(oc24)[C@H](C(C)C)NC1=O. The van der Waals surface area contributed by atoms with E-state index in [4.69, 9.17) is 23.5 Å². The lowest BCUT2D eigenvalue weighted by atomic mass is 9.72. The van der Waals surface area contributed by atoms with Crippen molar-refractivity contribution in [2.75, 3.05) is 5.32 Å². The largest absolute Gasteiger partial charge is 0.469 e. The smallest absolute Gasteiger partial charge is 0.249 e. The van der Waals surface area contributed by atoms with E-state index in [-0.39, 0.29) is 24.2 Å². The molecule has 1 spiro atoms. The highest BCUT2D eigenvalue weighted by atomic mass is 16.5. The number of rotatable bonds is 4. The normalized spacial score (nSPS) is 23.0. The van der Waals surface area contributed by atoms with Gasteiger partial charge in [0.05, 0.1) is 6.20 Å². The van der Waals surface area contributed by atoms with Crippen molar-refractivity contribution in [2.45, 2.75) is 77.6 Å². The lowest BCUT2D eigenvalue weighted by Gasteiger charge is -2.30. The first-order valence-electron chi connectivity index (χ1n) is 18.2. The number of fused-ring (bicyclic) bond motifs is 7. The van der Waals surface area contributed by atoms with Gasteiger partial charge in [0, 0.05) is 39.8 Å². The van der Waals surface area contributed by atoms with Gasteiger partial charge in [0.2, 0.25) is 23.6 Å². The van der Waals surface area contributed by atoms with Gasteiger partial charge in [0.25, 0.3) is 0 Å². The summed E-state index contributed by atoms with van der Waals surface area (Å²) in [6, 6.07) is 17.4. The van der Waals surface area contributed by atoms with E-state index in [1.165, 1.54) is 5.56 Å². The minimum absolute atomic E-state index is 0.115. The van der Waals surface area contributed by atoms with Crippen molar-refractivity contribution in [1.29, 1.82) is 0 Å². The van der Waals surface area contributed by atoms with Gasteiger partial charge in [-0.1, -0.05) is 89.2 Å². The Morgan fingerprint density at radius 1 is 1.06 bits per heavy atom. The van der Waals surface area contributed by atoms with E-state index in [1.54, 1.807) is 6.20 Å². The first kappa shape index (κ1) is 31.1. The molecule has 2 unspecified atom stereocenters. The van der Waals surface area contributed by atoms with Crippen LogP contribution < -0.4 is 20.7 Å². The van der Waals surface area contributed by atoms with Crippen molar-refractivity contribution in [2.24, 2.45) is 11.3 Å². The molecule has 5 aromatic rings. The van der Waals surface area contributed by atoms with Gasteiger partial charge in [-0.3, -0.25) is 9.59 Å². The topological polar surface area (TPSA) is 132 Å². The van der Waals surface area contributed by atoms with Crippen LogP contribution >= 0.6 is 0 Å². The van der Waals surface area contributed by atoms with Crippen LogP contribution in [0.5, 0.6) is 5.75 Å². The summed E-state index contributed by atoms with van der Waals surface area (Å²) in [6.07, 6.45) is 5.07. The number of anilines is 1. The Morgan fingerprint density at radius 2 is 1.88 bits per heavy atom. The Balaban J connectivity index is 1.27. The van der Waals surface area contributed by atoms with E-state index >= 15 is 0 Å². The molecule has 2 aromatic heterocycles. The van der Waals surface area contributed by atoms with E-state index in [0.717, 1.165) is 51.1 Å². The summed E-state index contributed by atoms with van der Waals surface area (Å²) in [7, 11) is 0. The maximum atomic E-state index is 14.3. The molecule has 0 saturated carbocycles. The second kappa shape index (κ2) is 10.7. The second-order valence-electron chi connectivity index (χ2n) is 15.6. The molecule has 52 heavy (non-hydrogen) atoms. The molecule has 2 amide bonds. The second-order valence-corrected chi connectivity index (χ2v) is 15.6. The highest BCUT2D eigenvalue weighted by Crippen LogP contribution is 2.61. The number of benzene rings is 3. The Bertz CT molecular complexity index is 2400. The van der Waals surface area contributed by atoms with Gasteiger partial charge >= 0.3 is 0 Å². The van der Waals surface area contributed by atoms with E-state index in [2.05, 4.69) is 64.5 Å². The number of ether oxygens (including phenoxy) is 1. The van der Waals surface area contributed by atoms with Crippen molar-refractivity contribution in [3.05, 3.63) is 112 Å². The molecule has 5 aliphatic rings. The summed E-state index contributed by atoms with van der Waals surface area (Å²) < 4.78 is 20.6. The Morgan fingerprint density at radius 3 is 2.71 bits per heavy atom. The summed E-state index contributed by atoms with van der Waals surface area (Å²) in [6.45, 7) is 9.79. The summed E-state index contributed by atoms with van der Waals surface area (Å²) in [4.78, 5) is 37.8. The molecule has 4 atom stereocenters. The maximum Gasteiger partial charge on any atom is 0.249 e. The summed E-state index contributed by atoms with van der Waals surface area (Å²) >= 11 is 0. The van der Waals surface area contributed by atoms with Crippen molar-refractivity contribution in [3.63, 3.8) is 0 Å². The van der Waals surface area contributed by atoms with Crippen molar-refractivity contribution in [1.82, 2.24) is 20.6 Å². The van der Waals surface area contributed by atoms with Crippen molar-refractivity contribution < 1.29 is 23.2 Å². The van der Waals surface area contributed by atoms with Gasteiger partial charge in [-0.05, 0) is 47.1 Å². The zero-order valence-electron chi connectivity index (χ0n) is 29.7. The molecule has 0 fully saturated rings. The number of aromatic nitrogens is 2. The van der Waals surface area contributed by atoms with Gasteiger partial charge < -0.3 is 29.5 Å². The van der Waals surface area contributed by atoms with Crippen LogP contribution in [0.15, 0.2) is 75.7 Å². The van der Waals surface area contributed by atoms with Crippen LogP contribution in [-0.2, 0) is 27.8 Å². The number of nitrogens with zero attached hydrogens (tertiary/aromatic N) is 2. The number of hydrogen-bond donors (Lipinski definition) is 3. The number of hydrogen-bond acceptors (Lipinski definition) is 8. The molecule has 262 valence electrons. The Labute approximate surface area is 301 Å². The van der Waals surface area contributed by atoms with Gasteiger partial charge in [-0.2, -0.15) is 0 Å². The lowest BCUT2D eigenvalue weighted by Crippen LogP contribution is -2.52. The van der Waals surface area contributed by atoms with Gasteiger partial charge in [0.15, 0.2) is 23.4 Å². The highest BCUT2D eigenvalue weighted by Gasteiger charge is 2.61. The van der Waals surface area contributed by atoms with Crippen molar-refractivity contribution in [3.8, 4) is 28.5 Å². The van der Waals surface area contributed by atoms with E-state index < -0.39 is 29.1 Å². The number of allylic oxidation sites excluding steroid dienone is 1. The average molecular weight is 694 g/mol. The molecule has 4 aliphatic heterocycles. The number of para-hydroxylation sites is 1. The van der Waals surface area contributed by atoms with Crippen LogP contribution in [0.3, 0.4) is 0 Å². The number of oxazole rings is 2. The lowest BCUT2D eigenvalue weighted by molar-refractivity contribution is -0.134. The molecular weight excluding hydrogens is 654 g/mol. The molecule has 10 bridgehead atoms. The standard InChI is InChI=1S/C42H39N5O5/c1-6-41(4,5)39(49)44-28-18-21-13-16-29-27(17-21)42-26-12-8-11-24(33(26)47-40(42)51-29)23-10-7-9-22-14-15-25(31(22)23)30-19-43-37(50-30)34-35(42)52-38(46-34)32(20(2)3)45-36(28)48/h7-13,15-17,19-20,28,32,40,47H,6,14,18H2,1-5H3,(H,44,49)(H,45,48)/t28?,32-,40-,42?/m0/s1.